The highest BCUT2D eigenvalue weighted by molar-refractivity contribution is 5.70. The van der Waals surface area contributed by atoms with Crippen LogP contribution in [0.1, 0.15) is 23.1 Å². The second kappa shape index (κ2) is 8.89. The third-order valence-corrected chi connectivity index (χ3v) is 6.37. The maximum atomic E-state index is 9.37. The van der Waals surface area contributed by atoms with Gasteiger partial charge in [0.2, 0.25) is 0 Å². The molecule has 0 aromatic heterocycles. The molecule has 0 spiro atoms. The van der Waals surface area contributed by atoms with Gasteiger partial charge in [-0.1, -0.05) is 84.4 Å². The Morgan fingerprint density at radius 2 is 1.65 bits per heavy atom. The second-order valence-electron chi connectivity index (χ2n) is 8.48. The lowest BCUT2D eigenvalue weighted by Crippen LogP contribution is -2.53. The van der Waals surface area contributed by atoms with Crippen LogP contribution in [0.3, 0.4) is 0 Å². The SMILES string of the molecule is N#Cc1ccccc1-c1ccc(CC2=CC3COCC(C2)N3Cc2ccccc2)cc1. The number of fused-ring (bicyclic) bond motifs is 2. The Kier molecular flexibility index (Phi) is 5.67. The largest absolute Gasteiger partial charge is 0.378 e. The van der Waals surface area contributed by atoms with Crippen LogP contribution in [0.5, 0.6) is 0 Å². The number of nitriles is 1. The number of rotatable bonds is 5. The van der Waals surface area contributed by atoms with Gasteiger partial charge in [-0.15, -0.1) is 0 Å². The molecule has 2 bridgehead atoms. The van der Waals surface area contributed by atoms with Crippen LogP contribution in [0.4, 0.5) is 0 Å². The summed E-state index contributed by atoms with van der Waals surface area (Å²) in [5, 5.41) is 9.37. The van der Waals surface area contributed by atoms with Gasteiger partial charge in [0.15, 0.2) is 0 Å². The quantitative estimate of drug-likeness (QED) is 0.535. The molecule has 3 nitrogen and oxygen atoms in total. The van der Waals surface area contributed by atoms with Gasteiger partial charge in [0.05, 0.1) is 30.9 Å². The monoisotopic (exact) mass is 406 g/mol. The molecule has 0 amide bonds. The Bertz CT molecular complexity index is 1110. The summed E-state index contributed by atoms with van der Waals surface area (Å²) in [7, 11) is 0. The molecule has 3 aromatic rings. The molecule has 3 aromatic carbocycles. The van der Waals surface area contributed by atoms with E-state index in [-0.39, 0.29) is 0 Å². The van der Waals surface area contributed by atoms with Crippen LogP contribution in [-0.4, -0.2) is 30.2 Å². The minimum Gasteiger partial charge on any atom is -0.378 e. The zero-order chi connectivity index (χ0) is 21.0. The van der Waals surface area contributed by atoms with Gasteiger partial charge in [-0.2, -0.15) is 5.26 Å². The summed E-state index contributed by atoms with van der Waals surface area (Å²) in [4.78, 5) is 2.60. The van der Waals surface area contributed by atoms with Crippen molar-refractivity contribution in [2.45, 2.75) is 31.5 Å². The average Bonchev–Trinajstić information content (AvgIpc) is 2.81. The highest BCUT2D eigenvalue weighted by atomic mass is 16.5. The molecule has 2 heterocycles. The van der Waals surface area contributed by atoms with Crippen LogP contribution in [0.15, 0.2) is 90.5 Å². The van der Waals surface area contributed by atoms with E-state index in [4.69, 9.17) is 4.74 Å². The predicted molar refractivity (Wildman–Crippen MR) is 123 cm³/mol. The molecule has 31 heavy (non-hydrogen) atoms. The van der Waals surface area contributed by atoms with Crippen LogP contribution in [0, 0.1) is 11.3 Å². The highest BCUT2D eigenvalue weighted by Crippen LogP contribution is 2.31. The molecule has 1 saturated heterocycles. The van der Waals surface area contributed by atoms with Gasteiger partial charge >= 0.3 is 0 Å². The third kappa shape index (κ3) is 4.32. The molecule has 154 valence electrons. The molecular weight excluding hydrogens is 380 g/mol. The van der Waals surface area contributed by atoms with Crippen molar-refractivity contribution in [3.63, 3.8) is 0 Å². The summed E-state index contributed by atoms with van der Waals surface area (Å²) >= 11 is 0. The number of hydrogen-bond donors (Lipinski definition) is 0. The van der Waals surface area contributed by atoms with Crippen LogP contribution in [0.2, 0.25) is 0 Å². The van der Waals surface area contributed by atoms with Crippen molar-refractivity contribution in [3.8, 4) is 17.2 Å². The molecule has 0 aliphatic carbocycles. The molecule has 2 aliphatic heterocycles. The first-order valence-electron chi connectivity index (χ1n) is 11.0. The van der Waals surface area contributed by atoms with E-state index in [0.717, 1.165) is 49.3 Å². The fraction of sp³-hybridized carbons (Fsp3) is 0.250. The Labute approximate surface area is 184 Å². The summed E-state index contributed by atoms with van der Waals surface area (Å²) in [5.41, 5.74) is 7.00. The zero-order valence-corrected chi connectivity index (χ0v) is 17.6. The first-order valence-corrected chi connectivity index (χ1v) is 11.0. The maximum Gasteiger partial charge on any atom is 0.0998 e. The first kappa shape index (κ1) is 19.8. The van der Waals surface area contributed by atoms with Crippen LogP contribution in [-0.2, 0) is 17.7 Å². The van der Waals surface area contributed by atoms with Crippen molar-refractivity contribution in [1.29, 1.82) is 5.26 Å². The molecule has 2 aliphatic rings. The number of benzene rings is 3. The van der Waals surface area contributed by atoms with E-state index in [1.807, 2.05) is 24.3 Å². The van der Waals surface area contributed by atoms with Crippen molar-refractivity contribution in [1.82, 2.24) is 4.90 Å². The Morgan fingerprint density at radius 3 is 2.42 bits per heavy atom. The number of hydrogen-bond acceptors (Lipinski definition) is 3. The maximum absolute atomic E-state index is 9.37. The minimum absolute atomic E-state index is 0.351. The molecule has 5 rings (SSSR count). The molecule has 2 atom stereocenters. The normalized spacial score (nSPS) is 20.7. The van der Waals surface area contributed by atoms with E-state index < -0.39 is 0 Å². The van der Waals surface area contributed by atoms with E-state index in [9.17, 15) is 5.26 Å². The van der Waals surface area contributed by atoms with Gasteiger partial charge in [0.25, 0.3) is 0 Å². The van der Waals surface area contributed by atoms with E-state index in [1.165, 1.54) is 16.7 Å². The van der Waals surface area contributed by atoms with E-state index in [0.29, 0.717) is 12.1 Å². The van der Waals surface area contributed by atoms with E-state index in [2.05, 4.69) is 71.6 Å². The van der Waals surface area contributed by atoms with Crippen LogP contribution in [0.25, 0.3) is 11.1 Å². The summed E-state index contributed by atoms with van der Waals surface area (Å²) in [6.45, 7) is 2.57. The number of morpholine rings is 1. The minimum atomic E-state index is 0.351. The fourth-order valence-electron chi connectivity index (χ4n) is 4.82. The number of ether oxygens (including phenoxy) is 1. The third-order valence-electron chi connectivity index (χ3n) is 6.37. The molecule has 0 N–H and O–H groups in total. The van der Waals surface area contributed by atoms with Gasteiger partial charge < -0.3 is 4.74 Å². The topological polar surface area (TPSA) is 36.3 Å². The van der Waals surface area contributed by atoms with Gasteiger partial charge in [-0.05, 0) is 41.2 Å². The fourth-order valence-corrected chi connectivity index (χ4v) is 4.82. The Hall–Kier alpha value is -3.19. The summed E-state index contributed by atoms with van der Waals surface area (Å²) < 4.78 is 5.88. The lowest BCUT2D eigenvalue weighted by Gasteiger charge is -2.45. The van der Waals surface area contributed by atoms with Gasteiger partial charge in [0, 0.05) is 12.6 Å². The van der Waals surface area contributed by atoms with Crippen molar-refractivity contribution >= 4 is 0 Å². The van der Waals surface area contributed by atoms with E-state index in [1.54, 1.807) is 0 Å². The molecule has 2 unspecified atom stereocenters. The zero-order valence-electron chi connectivity index (χ0n) is 17.6. The molecule has 3 heteroatoms. The van der Waals surface area contributed by atoms with Crippen molar-refractivity contribution in [2.75, 3.05) is 13.2 Å². The first-order chi connectivity index (χ1) is 15.3. The lowest BCUT2D eigenvalue weighted by molar-refractivity contribution is -0.0440. The van der Waals surface area contributed by atoms with Crippen molar-refractivity contribution in [2.24, 2.45) is 0 Å². The smallest absolute Gasteiger partial charge is 0.0998 e. The van der Waals surface area contributed by atoms with E-state index >= 15 is 0 Å². The van der Waals surface area contributed by atoms with Crippen LogP contribution >= 0.6 is 0 Å². The van der Waals surface area contributed by atoms with Gasteiger partial charge in [-0.25, -0.2) is 0 Å². The lowest BCUT2D eigenvalue weighted by atomic mass is 9.89. The summed E-state index contributed by atoms with van der Waals surface area (Å²) in [6, 6.07) is 30.3. The summed E-state index contributed by atoms with van der Waals surface area (Å²) in [6.07, 6.45) is 4.46. The average molecular weight is 407 g/mol. The molecule has 0 saturated carbocycles. The molecule has 1 fully saturated rings. The Morgan fingerprint density at radius 1 is 0.871 bits per heavy atom. The highest BCUT2D eigenvalue weighted by Gasteiger charge is 2.34. The Balaban J connectivity index is 1.31. The second-order valence-corrected chi connectivity index (χ2v) is 8.48. The van der Waals surface area contributed by atoms with Gasteiger partial charge in [-0.3, -0.25) is 4.90 Å². The predicted octanol–water partition coefficient (Wildman–Crippen LogP) is 5.37. The molecular formula is C28H26N2O. The standard InChI is InChI=1S/C28H26N2O/c29-17-25-8-4-5-9-28(25)24-12-10-21(11-13-24)14-23-15-26-19-31-20-27(16-23)30(26)18-22-6-2-1-3-7-22/h1-13,15,26-27H,14,16,18-20H2. The summed E-state index contributed by atoms with van der Waals surface area (Å²) in [5.74, 6) is 0. The van der Waals surface area contributed by atoms with Gasteiger partial charge in [0.1, 0.15) is 0 Å². The van der Waals surface area contributed by atoms with Crippen LogP contribution < -0.4 is 0 Å². The number of nitrogens with zero attached hydrogens (tertiary/aromatic N) is 2. The van der Waals surface area contributed by atoms with Crippen molar-refractivity contribution in [3.05, 3.63) is 107 Å². The molecule has 0 radical (unpaired) electrons. The van der Waals surface area contributed by atoms with Crippen molar-refractivity contribution < 1.29 is 4.74 Å².